The number of hydrogen-bond donors (Lipinski definition) is 0. The van der Waals surface area contributed by atoms with Crippen LogP contribution in [0.25, 0.3) is 21.8 Å². The minimum absolute atomic E-state index is 0.0933. The normalized spacial score (nSPS) is 14.9. The third kappa shape index (κ3) is 3.79. The SMILES string of the molecule is CCn1c2ccc(C(=O)c3ccccc3C)cc2c2cc3c(cc21)OC/C3=N\OS(=O)(=O)C(F)(F)F. The van der Waals surface area contributed by atoms with E-state index in [1.165, 1.54) is 0 Å². The average Bonchev–Trinajstić information content (AvgIpc) is 3.37. The highest BCUT2D eigenvalue weighted by atomic mass is 32.2. The Hall–Kier alpha value is -3.86. The van der Waals surface area contributed by atoms with E-state index >= 15 is 0 Å². The molecule has 0 amide bonds. The maximum atomic E-state index is 13.2. The number of oxime groups is 1. The van der Waals surface area contributed by atoms with Gasteiger partial charge >= 0.3 is 15.6 Å². The van der Waals surface area contributed by atoms with Gasteiger partial charge in [0.25, 0.3) is 0 Å². The Labute approximate surface area is 203 Å². The predicted molar refractivity (Wildman–Crippen MR) is 128 cm³/mol. The van der Waals surface area contributed by atoms with E-state index < -0.39 is 15.6 Å². The van der Waals surface area contributed by atoms with Crippen LogP contribution in [0.4, 0.5) is 13.2 Å². The summed E-state index contributed by atoms with van der Waals surface area (Å²) in [4.78, 5) is 13.2. The number of benzene rings is 3. The van der Waals surface area contributed by atoms with Gasteiger partial charge in [-0.05, 0) is 43.7 Å². The lowest BCUT2D eigenvalue weighted by Gasteiger charge is -2.06. The van der Waals surface area contributed by atoms with Crippen LogP contribution in [-0.2, 0) is 20.9 Å². The third-order valence-electron chi connectivity index (χ3n) is 6.14. The second-order valence-corrected chi connectivity index (χ2v) is 9.81. The second kappa shape index (κ2) is 8.37. The van der Waals surface area contributed by atoms with Gasteiger partial charge in [-0.15, -0.1) is 0 Å². The molecule has 0 radical (unpaired) electrons. The number of carbonyl (C=O) groups is 1. The van der Waals surface area contributed by atoms with Crippen molar-refractivity contribution in [3.8, 4) is 5.75 Å². The zero-order valence-corrected chi connectivity index (χ0v) is 19.9. The van der Waals surface area contributed by atoms with E-state index in [-0.39, 0.29) is 18.1 Å². The summed E-state index contributed by atoms with van der Waals surface area (Å²) < 4.78 is 71.9. The summed E-state index contributed by atoms with van der Waals surface area (Å²) in [7, 11) is -5.89. The lowest BCUT2D eigenvalue weighted by atomic mass is 9.97. The fraction of sp³-hybridized carbons (Fsp3) is 0.200. The number of ketones is 1. The summed E-state index contributed by atoms with van der Waals surface area (Å²) in [5, 5.41) is 4.70. The molecule has 0 saturated heterocycles. The minimum atomic E-state index is -5.89. The van der Waals surface area contributed by atoms with Gasteiger partial charge in [-0.1, -0.05) is 29.4 Å². The molecule has 1 aromatic heterocycles. The number of ether oxygens (including phenoxy) is 1. The molecule has 0 bridgehead atoms. The second-order valence-electron chi connectivity index (χ2n) is 8.29. The number of hydrogen-bond acceptors (Lipinski definition) is 6. The van der Waals surface area contributed by atoms with E-state index in [1.807, 2.05) is 36.6 Å². The van der Waals surface area contributed by atoms with Crippen molar-refractivity contribution in [3.05, 3.63) is 76.9 Å². The molecule has 186 valence electrons. The molecule has 3 aromatic carbocycles. The van der Waals surface area contributed by atoms with E-state index in [0.29, 0.717) is 34.4 Å². The van der Waals surface area contributed by atoms with Crippen LogP contribution < -0.4 is 4.74 Å². The van der Waals surface area contributed by atoms with Crippen molar-refractivity contribution in [2.75, 3.05) is 6.61 Å². The van der Waals surface area contributed by atoms with Crippen LogP contribution in [0.3, 0.4) is 0 Å². The number of fused-ring (bicyclic) bond motifs is 4. The maximum absolute atomic E-state index is 13.2. The Kier molecular flexibility index (Phi) is 5.55. The summed E-state index contributed by atoms with van der Waals surface area (Å²) >= 11 is 0. The van der Waals surface area contributed by atoms with E-state index in [4.69, 9.17) is 4.74 Å². The highest BCUT2D eigenvalue weighted by molar-refractivity contribution is 7.87. The molecule has 0 N–H and O–H groups in total. The van der Waals surface area contributed by atoms with Crippen LogP contribution in [0.15, 0.2) is 59.8 Å². The first-order chi connectivity index (χ1) is 17.0. The van der Waals surface area contributed by atoms with Crippen LogP contribution in [0.1, 0.15) is 34.0 Å². The molecule has 7 nitrogen and oxygen atoms in total. The predicted octanol–water partition coefficient (Wildman–Crippen LogP) is 5.32. The Bertz CT molecular complexity index is 1690. The zero-order valence-electron chi connectivity index (χ0n) is 19.1. The van der Waals surface area contributed by atoms with Crippen molar-refractivity contribution in [2.45, 2.75) is 25.9 Å². The Morgan fingerprint density at radius 3 is 2.50 bits per heavy atom. The Morgan fingerprint density at radius 1 is 1.08 bits per heavy atom. The molecule has 11 heteroatoms. The largest absolute Gasteiger partial charge is 0.536 e. The summed E-state index contributed by atoms with van der Waals surface area (Å²) in [6.45, 7) is 4.18. The lowest BCUT2D eigenvalue weighted by molar-refractivity contribution is -0.0541. The van der Waals surface area contributed by atoms with E-state index in [1.54, 1.807) is 36.4 Å². The number of aromatic nitrogens is 1. The molecule has 0 aliphatic carbocycles. The van der Waals surface area contributed by atoms with Crippen molar-refractivity contribution in [1.82, 2.24) is 4.57 Å². The van der Waals surface area contributed by atoms with Crippen LogP contribution >= 0.6 is 0 Å². The van der Waals surface area contributed by atoms with Gasteiger partial charge in [0.2, 0.25) is 0 Å². The van der Waals surface area contributed by atoms with Gasteiger partial charge in [0.05, 0.1) is 5.52 Å². The highest BCUT2D eigenvalue weighted by Crippen LogP contribution is 2.37. The van der Waals surface area contributed by atoms with Gasteiger partial charge in [0, 0.05) is 45.6 Å². The lowest BCUT2D eigenvalue weighted by Crippen LogP contribution is -2.24. The smallest absolute Gasteiger partial charge is 0.486 e. The molecule has 4 aromatic rings. The molecule has 1 aliphatic heterocycles. The first kappa shape index (κ1) is 23.9. The first-order valence-corrected chi connectivity index (χ1v) is 12.3. The first-order valence-electron chi connectivity index (χ1n) is 10.9. The monoisotopic (exact) mass is 516 g/mol. The number of nitrogens with zero attached hydrogens (tertiary/aromatic N) is 2. The topological polar surface area (TPSA) is 87.0 Å². The quantitative estimate of drug-likeness (QED) is 0.204. The molecule has 5 rings (SSSR count). The van der Waals surface area contributed by atoms with Gasteiger partial charge in [-0.3, -0.25) is 9.08 Å². The summed E-state index contributed by atoms with van der Waals surface area (Å²) in [6.07, 6.45) is 0. The van der Waals surface area contributed by atoms with Gasteiger partial charge in [-0.25, -0.2) is 0 Å². The fourth-order valence-corrected chi connectivity index (χ4v) is 4.64. The van der Waals surface area contributed by atoms with Crippen LogP contribution in [0.2, 0.25) is 0 Å². The third-order valence-corrected chi connectivity index (χ3v) is 6.98. The Balaban J connectivity index is 1.64. The van der Waals surface area contributed by atoms with Crippen molar-refractivity contribution < 1.29 is 35.4 Å². The number of alkyl halides is 3. The van der Waals surface area contributed by atoms with Crippen LogP contribution in [-0.4, -0.2) is 36.6 Å². The number of halogens is 3. The van der Waals surface area contributed by atoms with Crippen molar-refractivity contribution in [2.24, 2.45) is 5.16 Å². The van der Waals surface area contributed by atoms with Crippen molar-refractivity contribution in [1.29, 1.82) is 0 Å². The van der Waals surface area contributed by atoms with Crippen molar-refractivity contribution >= 4 is 43.4 Å². The fourth-order valence-electron chi connectivity index (χ4n) is 4.37. The molecule has 2 heterocycles. The molecule has 0 unspecified atom stereocenters. The molecule has 0 atom stereocenters. The summed E-state index contributed by atoms with van der Waals surface area (Å²) in [5.41, 5.74) is -1.82. The van der Waals surface area contributed by atoms with E-state index in [0.717, 1.165) is 22.0 Å². The van der Waals surface area contributed by atoms with Crippen LogP contribution in [0.5, 0.6) is 5.75 Å². The van der Waals surface area contributed by atoms with Gasteiger partial charge in [-0.2, -0.15) is 21.6 Å². The molecular weight excluding hydrogens is 497 g/mol. The van der Waals surface area contributed by atoms with Gasteiger partial charge in [0.15, 0.2) is 5.78 Å². The molecule has 1 aliphatic rings. The number of aryl methyl sites for hydroxylation is 2. The number of carbonyl (C=O) groups excluding carboxylic acids is 1. The minimum Gasteiger partial charge on any atom is -0.486 e. The summed E-state index contributed by atoms with van der Waals surface area (Å²) in [5.74, 6) is 0.202. The highest BCUT2D eigenvalue weighted by Gasteiger charge is 2.49. The zero-order chi connectivity index (χ0) is 25.8. The van der Waals surface area contributed by atoms with Gasteiger partial charge < -0.3 is 9.30 Å². The van der Waals surface area contributed by atoms with Gasteiger partial charge in [0.1, 0.15) is 18.1 Å². The number of rotatable bonds is 5. The van der Waals surface area contributed by atoms with E-state index in [2.05, 4.69) is 9.44 Å². The Morgan fingerprint density at radius 2 is 1.81 bits per heavy atom. The van der Waals surface area contributed by atoms with E-state index in [9.17, 15) is 26.4 Å². The molecular formula is C25H19F3N2O5S. The maximum Gasteiger partial charge on any atom is 0.536 e. The average molecular weight is 516 g/mol. The summed E-state index contributed by atoms with van der Waals surface area (Å²) in [6, 6.07) is 16.1. The molecule has 0 saturated carbocycles. The molecule has 0 spiro atoms. The van der Waals surface area contributed by atoms with Crippen LogP contribution in [0, 0.1) is 6.92 Å². The molecule has 36 heavy (non-hydrogen) atoms. The van der Waals surface area contributed by atoms with Crippen molar-refractivity contribution in [3.63, 3.8) is 0 Å². The molecule has 0 fully saturated rings. The standard InChI is InChI=1S/C25H19F3N2O5S/c1-3-30-21-9-8-15(24(31)16-7-5-4-6-14(16)2)10-17(21)18-11-19-20(13-34-23(19)12-22(18)30)29-35-36(32,33)25(26,27)28/h4-12H,3,13H2,1-2H3/b29-20+.